The average Bonchev–Trinajstić information content (AvgIpc) is 3.20. The number of halogens is 5. The van der Waals surface area contributed by atoms with E-state index in [9.17, 15) is 35.2 Å². The number of benzene rings is 2. The normalized spacial score (nSPS) is 15.9. The summed E-state index contributed by atoms with van der Waals surface area (Å²) in [5, 5.41) is 9.10. The molecule has 2 heterocycles. The lowest BCUT2D eigenvalue weighted by atomic mass is 9.86. The first-order valence-corrected chi connectivity index (χ1v) is 11.7. The molecule has 6 nitrogen and oxygen atoms in total. The summed E-state index contributed by atoms with van der Waals surface area (Å²) >= 11 is 0. The molecule has 0 aliphatic carbocycles. The summed E-state index contributed by atoms with van der Waals surface area (Å²) in [6, 6.07) is 7.87. The van der Waals surface area contributed by atoms with Crippen molar-refractivity contribution in [1.82, 2.24) is 8.87 Å². The lowest BCUT2D eigenvalue weighted by Crippen LogP contribution is -2.36. The highest BCUT2D eigenvalue weighted by molar-refractivity contribution is 7.90. The Balaban J connectivity index is 1.89. The van der Waals surface area contributed by atoms with Crippen LogP contribution in [-0.2, 0) is 16.2 Å². The summed E-state index contributed by atoms with van der Waals surface area (Å²) in [5.41, 5.74) is -1.76. The summed E-state index contributed by atoms with van der Waals surface area (Å²) in [6.07, 6.45) is -7.80. The Bertz CT molecular complexity index is 1340. The smallest absolute Gasteiger partial charge is 0.417 e. The van der Waals surface area contributed by atoms with Gasteiger partial charge in [-0.2, -0.15) is 13.2 Å². The van der Waals surface area contributed by atoms with Crippen molar-refractivity contribution in [2.75, 3.05) is 13.1 Å². The van der Waals surface area contributed by atoms with Gasteiger partial charge in [0.05, 0.1) is 11.1 Å². The van der Waals surface area contributed by atoms with Crippen molar-refractivity contribution >= 4 is 27.0 Å². The predicted molar refractivity (Wildman–Crippen MR) is 112 cm³/mol. The molecule has 4 rings (SSSR count). The maximum atomic E-state index is 14.0. The monoisotopic (exact) mass is 502 g/mol. The Hall–Kier alpha value is -3.15. The second kappa shape index (κ2) is 8.57. The molecule has 0 spiro atoms. The summed E-state index contributed by atoms with van der Waals surface area (Å²) in [6.45, 7) is 0.358. The molecular formula is C22H19F5N2O4S. The van der Waals surface area contributed by atoms with Gasteiger partial charge in [0.1, 0.15) is 4.90 Å². The lowest BCUT2D eigenvalue weighted by molar-refractivity contribution is -0.139. The van der Waals surface area contributed by atoms with E-state index in [1.54, 1.807) is 6.07 Å². The van der Waals surface area contributed by atoms with Crippen molar-refractivity contribution in [2.24, 2.45) is 0 Å². The molecule has 1 amide bonds. The van der Waals surface area contributed by atoms with Crippen LogP contribution >= 0.6 is 0 Å². The molecule has 34 heavy (non-hydrogen) atoms. The maximum Gasteiger partial charge on any atom is 0.417 e. The predicted octanol–water partition coefficient (Wildman–Crippen LogP) is 5.69. The first kappa shape index (κ1) is 24.0. The second-order valence-corrected chi connectivity index (χ2v) is 9.75. The number of aromatic nitrogens is 1. The molecule has 1 aliphatic rings. The van der Waals surface area contributed by atoms with Gasteiger partial charge >= 0.3 is 12.3 Å². The molecule has 0 unspecified atom stereocenters. The van der Waals surface area contributed by atoms with Crippen LogP contribution in [0.15, 0.2) is 53.6 Å². The van der Waals surface area contributed by atoms with Crippen LogP contribution in [0.5, 0.6) is 0 Å². The number of carbonyl (C=O) groups is 1. The SMILES string of the molecule is O=C(O)N1CCC(c2cccc3c2c(C(F)F)cn3S(=O)(=O)c2ccccc2C(F)(F)F)CC1. The molecule has 0 radical (unpaired) electrons. The van der Waals surface area contributed by atoms with Crippen LogP contribution in [0.2, 0.25) is 0 Å². The van der Waals surface area contributed by atoms with Gasteiger partial charge in [0.2, 0.25) is 0 Å². The minimum Gasteiger partial charge on any atom is -0.465 e. The quantitative estimate of drug-likeness (QED) is 0.465. The van der Waals surface area contributed by atoms with E-state index in [0.29, 0.717) is 34.6 Å². The number of rotatable bonds is 4. The molecule has 0 saturated carbocycles. The first-order valence-electron chi connectivity index (χ1n) is 10.2. The van der Waals surface area contributed by atoms with Crippen molar-refractivity contribution in [3.05, 3.63) is 65.4 Å². The van der Waals surface area contributed by atoms with Gasteiger partial charge in [-0.3, -0.25) is 0 Å². The summed E-state index contributed by atoms with van der Waals surface area (Å²) in [4.78, 5) is 11.3. The Morgan fingerprint density at radius 1 is 1.03 bits per heavy atom. The molecule has 3 aromatic rings. The number of nitrogens with zero attached hydrogens (tertiary/aromatic N) is 2. The van der Waals surface area contributed by atoms with Crippen LogP contribution in [0.1, 0.15) is 41.9 Å². The zero-order valence-electron chi connectivity index (χ0n) is 17.5. The van der Waals surface area contributed by atoms with Crippen LogP contribution in [0.4, 0.5) is 26.7 Å². The van der Waals surface area contributed by atoms with E-state index in [0.717, 1.165) is 18.2 Å². The fourth-order valence-electron chi connectivity index (χ4n) is 4.43. The molecule has 1 N–H and O–H groups in total. The van der Waals surface area contributed by atoms with Gasteiger partial charge in [-0.25, -0.2) is 26.0 Å². The molecule has 0 bridgehead atoms. The molecule has 12 heteroatoms. The van der Waals surface area contributed by atoms with E-state index in [2.05, 4.69) is 0 Å². The average molecular weight is 502 g/mol. The number of amides is 1. The van der Waals surface area contributed by atoms with Crippen molar-refractivity contribution in [1.29, 1.82) is 0 Å². The molecule has 1 aromatic heterocycles. The van der Waals surface area contributed by atoms with Crippen molar-refractivity contribution < 1.29 is 40.3 Å². The van der Waals surface area contributed by atoms with E-state index >= 15 is 0 Å². The highest BCUT2D eigenvalue weighted by Crippen LogP contribution is 2.41. The number of fused-ring (bicyclic) bond motifs is 1. The van der Waals surface area contributed by atoms with Gasteiger partial charge in [-0.1, -0.05) is 24.3 Å². The minimum atomic E-state index is -4.97. The number of carboxylic acid groups (broad SMARTS) is 1. The van der Waals surface area contributed by atoms with Gasteiger partial charge in [0, 0.05) is 30.2 Å². The molecular weight excluding hydrogens is 483 g/mol. The number of hydrogen-bond acceptors (Lipinski definition) is 3. The third kappa shape index (κ3) is 4.10. The molecule has 2 aromatic carbocycles. The summed E-state index contributed by atoms with van der Waals surface area (Å²) < 4.78 is 95.6. The Kier molecular flexibility index (Phi) is 6.05. The summed E-state index contributed by atoms with van der Waals surface area (Å²) in [5.74, 6) is -0.321. The van der Waals surface area contributed by atoms with Gasteiger partial charge < -0.3 is 10.0 Å². The molecule has 1 saturated heterocycles. The molecule has 182 valence electrons. The van der Waals surface area contributed by atoms with Crippen LogP contribution < -0.4 is 0 Å². The Labute approximate surface area is 191 Å². The number of hydrogen-bond donors (Lipinski definition) is 1. The number of likely N-dealkylation sites (tertiary alicyclic amines) is 1. The van der Waals surface area contributed by atoms with Gasteiger partial charge in [-0.05, 0) is 42.5 Å². The van der Waals surface area contributed by atoms with E-state index in [1.807, 2.05) is 0 Å². The van der Waals surface area contributed by atoms with Crippen LogP contribution in [0.25, 0.3) is 10.9 Å². The second-order valence-electron chi connectivity index (χ2n) is 7.97. The van der Waals surface area contributed by atoms with E-state index < -0.39 is 44.7 Å². The highest BCUT2D eigenvalue weighted by atomic mass is 32.2. The Morgan fingerprint density at radius 2 is 1.68 bits per heavy atom. The minimum absolute atomic E-state index is 0.0423. The van der Waals surface area contributed by atoms with Crippen molar-refractivity contribution in [3.63, 3.8) is 0 Å². The zero-order valence-corrected chi connectivity index (χ0v) is 18.3. The fraction of sp³-hybridized carbons (Fsp3) is 0.318. The molecule has 1 fully saturated rings. The topological polar surface area (TPSA) is 79.6 Å². The van der Waals surface area contributed by atoms with Crippen LogP contribution in [0, 0.1) is 0 Å². The highest BCUT2D eigenvalue weighted by Gasteiger charge is 2.38. The van der Waals surface area contributed by atoms with Crippen molar-refractivity contribution in [2.45, 2.75) is 36.3 Å². The standard InChI is InChI=1S/C22H19F5N2O4S/c23-20(24)15-12-29(34(32,33)18-7-2-1-5-16(18)22(25,26)27)17-6-3-4-14(19(15)17)13-8-10-28(11-9-13)21(30)31/h1-7,12-13,20H,8-11H2,(H,30,31). The number of alkyl halides is 5. The van der Waals surface area contributed by atoms with Crippen LogP contribution in [-0.4, -0.2) is 41.6 Å². The Morgan fingerprint density at radius 3 is 2.26 bits per heavy atom. The van der Waals surface area contributed by atoms with Gasteiger partial charge in [0.15, 0.2) is 0 Å². The van der Waals surface area contributed by atoms with E-state index in [-0.39, 0.29) is 29.9 Å². The molecule has 0 atom stereocenters. The third-order valence-corrected chi connectivity index (χ3v) is 7.76. The van der Waals surface area contributed by atoms with E-state index in [1.165, 1.54) is 17.0 Å². The largest absolute Gasteiger partial charge is 0.465 e. The van der Waals surface area contributed by atoms with Gasteiger partial charge in [0.25, 0.3) is 16.4 Å². The van der Waals surface area contributed by atoms with Crippen molar-refractivity contribution in [3.8, 4) is 0 Å². The fourth-order valence-corrected chi connectivity index (χ4v) is 6.02. The van der Waals surface area contributed by atoms with Gasteiger partial charge in [-0.15, -0.1) is 0 Å². The summed E-state index contributed by atoms with van der Waals surface area (Å²) in [7, 11) is -4.88. The number of piperidine rings is 1. The maximum absolute atomic E-state index is 14.0. The first-order chi connectivity index (χ1) is 15.9. The lowest BCUT2D eigenvalue weighted by Gasteiger charge is -2.30. The van der Waals surface area contributed by atoms with Crippen LogP contribution in [0.3, 0.4) is 0 Å². The molecule has 1 aliphatic heterocycles. The van der Waals surface area contributed by atoms with E-state index in [4.69, 9.17) is 5.11 Å². The zero-order chi connectivity index (χ0) is 24.8. The third-order valence-electron chi connectivity index (χ3n) is 6.03.